The third-order valence-corrected chi connectivity index (χ3v) is 6.56. The van der Waals surface area contributed by atoms with E-state index in [1.807, 2.05) is 59.4 Å². The lowest BCUT2D eigenvalue weighted by atomic mass is 10.1. The van der Waals surface area contributed by atoms with Crippen LogP contribution in [0.25, 0.3) is 16.9 Å². The molecule has 1 N–H and O–H groups in total. The smallest absolute Gasteiger partial charge is 0.223 e. The van der Waals surface area contributed by atoms with Gasteiger partial charge < -0.3 is 15.0 Å². The number of aromatic nitrogens is 2. The molecule has 1 aromatic heterocycles. The fourth-order valence-electron chi connectivity index (χ4n) is 4.38. The Morgan fingerprint density at radius 2 is 1.94 bits per heavy atom. The van der Waals surface area contributed by atoms with Gasteiger partial charge in [0.2, 0.25) is 5.91 Å². The molecule has 1 saturated heterocycles. The largest absolute Gasteiger partial charge is 0.497 e. The van der Waals surface area contributed by atoms with Crippen LogP contribution in [-0.2, 0) is 11.3 Å². The summed E-state index contributed by atoms with van der Waals surface area (Å²) in [4.78, 5) is 14.3. The molecule has 1 saturated carbocycles. The van der Waals surface area contributed by atoms with Gasteiger partial charge in [0.15, 0.2) is 0 Å². The maximum absolute atomic E-state index is 12.2. The molecular weight excluding hydrogens is 424 g/mol. The molecule has 3 aromatic rings. The third kappa shape index (κ3) is 4.38. The highest BCUT2D eigenvalue weighted by atomic mass is 35.5. The average molecular weight is 451 g/mol. The number of carbonyl (C=O) groups excluding carboxylic acids is 1. The van der Waals surface area contributed by atoms with Crippen LogP contribution in [0, 0.1) is 5.92 Å². The number of rotatable bonds is 8. The van der Waals surface area contributed by atoms with Crippen molar-refractivity contribution in [1.29, 1.82) is 0 Å². The molecule has 1 aliphatic carbocycles. The molecular formula is C25H27ClN4O2. The van der Waals surface area contributed by atoms with E-state index >= 15 is 0 Å². The van der Waals surface area contributed by atoms with Gasteiger partial charge in [-0.05, 0) is 49.1 Å². The van der Waals surface area contributed by atoms with E-state index in [-0.39, 0.29) is 0 Å². The number of halogens is 1. The molecule has 1 aliphatic heterocycles. The lowest BCUT2D eigenvalue weighted by molar-refractivity contribution is -0.128. The number of likely N-dealkylation sites (tertiary alicyclic amines) is 1. The zero-order valence-corrected chi connectivity index (χ0v) is 18.9. The molecule has 2 aromatic carbocycles. The first-order chi connectivity index (χ1) is 15.6. The highest BCUT2D eigenvalue weighted by Gasteiger charge is 2.38. The van der Waals surface area contributed by atoms with Crippen LogP contribution in [0.2, 0.25) is 5.02 Å². The Balaban J connectivity index is 1.34. The predicted molar refractivity (Wildman–Crippen MR) is 125 cm³/mol. The van der Waals surface area contributed by atoms with E-state index < -0.39 is 0 Å². The molecule has 1 amide bonds. The predicted octanol–water partition coefficient (Wildman–Crippen LogP) is 4.30. The van der Waals surface area contributed by atoms with Crippen LogP contribution >= 0.6 is 11.6 Å². The maximum Gasteiger partial charge on any atom is 0.223 e. The van der Waals surface area contributed by atoms with Gasteiger partial charge in [-0.3, -0.25) is 4.79 Å². The molecule has 0 unspecified atom stereocenters. The zero-order valence-electron chi connectivity index (χ0n) is 18.1. The number of amides is 1. The van der Waals surface area contributed by atoms with E-state index in [4.69, 9.17) is 21.4 Å². The number of hydrogen-bond acceptors (Lipinski definition) is 4. The molecule has 0 spiro atoms. The lowest BCUT2D eigenvalue weighted by Crippen LogP contribution is -2.29. The van der Waals surface area contributed by atoms with Gasteiger partial charge >= 0.3 is 0 Å². The number of nitrogens with zero attached hydrogens (tertiary/aromatic N) is 3. The second-order valence-corrected chi connectivity index (χ2v) is 9.01. The molecule has 0 bridgehead atoms. The first-order valence-corrected chi connectivity index (χ1v) is 11.5. The number of ether oxygens (including phenoxy) is 1. The fraction of sp³-hybridized carbons (Fsp3) is 0.360. The van der Waals surface area contributed by atoms with Crippen molar-refractivity contribution in [2.45, 2.75) is 31.8 Å². The average Bonchev–Trinajstić information content (AvgIpc) is 3.46. The van der Waals surface area contributed by atoms with Crippen molar-refractivity contribution in [2.75, 3.05) is 20.2 Å². The summed E-state index contributed by atoms with van der Waals surface area (Å²) in [5.41, 5.74) is 3.79. The Hall–Kier alpha value is -2.83. The van der Waals surface area contributed by atoms with Gasteiger partial charge in [-0.1, -0.05) is 29.8 Å². The van der Waals surface area contributed by atoms with Gasteiger partial charge in [-0.2, -0.15) is 5.10 Å². The summed E-state index contributed by atoms with van der Waals surface area (Å²) in [5, 5.41) is 9.10. The van der Waals surface area contributed by atoms with Crippen LogP contribution in [0.15, 0.2) is 54.7 Å². The first-order valence-electron chi connectivity index (χ1n) is 11.1. The summed E-state index contributed by atoms with van der Waals surface area (Å²) >= 11 is 6.50. The highest BCUT2D eigenvalue weighted by Crippen LogP contribution is 2.33. The van der Waals surface area contributed by atoms with Crippen LogP contribution < -0.4 is 10.1 Å². The SMILES string of the molecule is COc1ccc(-n2cc(CNC[C@@H]3CC(=O)N(C4CC4)C3)c(-c3ccccc3Cl)n2)cc1. The molecule has 0 radical (unpaired) electrons. The molecule has 2 aliphatic rings. The summed E-state index contributed by atoms with van der Waals surface area (Å²) in [7, 11) is 1.66. The molecule has 166 valence electrons. The summed E-state index contributed by atoms with van der Waals surface area (Å²) in [6.45, 7) is 2.34. The number of benzene rings is 2. The molecule has 1 atom stereocenters. The Bertz CT molecular complexity index is 1110. The molecule has 7 heteroatoms. The normalized spacial score (nSPS) is 18.4. The van der Waals surface area contributed by atoms with E-state index in [9.17, 15) is 4.79 Å². The van der Waals surface area contributed by atoms with Crippen molar-refractivity contribution < 1.29 is 9.53 Å². The van der Waals surface area contributed by atoms with Crippen LogP contribution in [0.5, 0.6) is 5.75 Å². The van der Waals surface area contributed by atoms with E-state index in [0.29, 0.717) is 35.9 Å². The second-order valence-electron chi connectivity index (χ2n) is 8.60. The van der Waals surface area contributed by atoms with Crippen molar-refractivity contribution in [1.82, 2.24) is 20.0 Å². The van der Waals surface area contributed by atoms with Crippen molar-refractivity contribution in [3.63, 3.8) is 0 Å². The monoisotopic (exact) mass is 450 g/mol. The molecule has 6 nitrogen and oxygen atoms in total. The van der Waals surface area contributed by atoms with Crippen LogP contribution in [-0.4, -0.2) is 46.8 Å². The quantitative estimate of drug-likeness (QED) is 0.555. The van der Waals surface area contributed by atoms with Crippen LogP contribution in [0.3, 0.4) is 0 Å². The Kier molecular flexibility index (Phi) is 5.89. The molecule has 5 rings (SSSR count). The van der Waals surface area contributed by atoms with Gasteiger partial charge in [-0.15, -0.1) is 0 Å². The summed E-state index contributed by atoms with van der Waals surface area (Å²) < 4.78 is 7.15. The first kappa shape index (κ1) is 21.0. The maximum atomic E-state index is 12.2. The van der Waals surface area contributed by atoms with Crippen molar-refractivity contribution in [3.8, 4) is 22.7 Å². The summed E-state index contributed by atoms with van der Waals surface area (Å²) in [6.07, 6.45) is 5.02. The van der Waals surface area contributed by atoms with Crippen LogP contribution in [0.1, 0.15) is 24.8 Å². The fourth-order valence-corrected chi connectivity index (χ4v) is 4.61. The van der Waals surface area contributed by atoms with E-state index in [0.717, 1.165) is 54.2 Å². The standard InChI is InChI=1S/C25H27ClN4O2/c1-32-21-10-8-20(9-11-21)30-16-18(25(28-30)22-4-2-3-5-23(22)26)14-27-13-17-12-24(31)29(15-17)19-6-7-19/h2-5,8-11,16-17,19,27H,6-7,12-15H2,1H3/t17-/m0/s1. The van der Waals surface area contributed by atoms with Crippen molar-refractivity contribution in [2.24, 2.45) is 5.92 Å². The number of carbonyl (C=O) groups is 1. The van der Waals surface area contributed by atoms with Gasteiger partial charge in [-0.25, -0.2) is 4.68 Å². The van der Waals surface area contributed by atoms with Crippen molar-refractivity contribution in [3.05, 3.63) is 65.3 Å². The van der Waals surface area contributed by atoms with Gasteiger partial charge in [0.05, 0.1) is 23.5 Å². The number of methoxy groups -OCH3 is 1. The van der Waals surface area contributed by atoms with Gasteiger partial charge in [0, 0.05) is 49.4 Å². The minimum absolute atomic E-state index is 0.309. The Labute approximate surface area is 193 Å². The topological polar surface area (TPSA) is 59.4 Å². The van der Waals surface area contributed by atoms with Gasteiger partial charge in [0.25, 0.3) is 0 Å². The molecule has 2 heterocycles. The van der Waals surface area contributed by atoms with Gasteiger partial charge in [0.1, 0.15) is 5.75 Å². The second kappa shape index (κ2) is 8.96. The molecule has 2 fully saturated rings. The van der Waals surface area contributed by atoms with E-state index in [2.05, 4.69) is 10.2 Å². The van der Waals surface area contributed by atoms with E-state index in [1.54, 1.807) is 7.11 Å². The minimum atomic E-state index is 0.309. The summed E-state index contributed by atoms with van der Waals surface area (Å²) in [5.74, 6) is 1.48. The summed E-state index contributed by atoms with van der Waals surface area (Å²) in [6, 6.07) is 16.1. The number of hydrogen-bond donors (Lipinski definition) is 1. The molecule has 32 heavy (non-hydrogen) atoms. The zero-order chi connectivity index (χ0) is 22.1. The Morgan fingerprint density at radius 3 is 2.66 bits per heavy atom. The number of nitrogens with one attached hydrogen (secondary N) is 1. The Morgan fingerprint density at radius 1 is 1.16 bits per heavy atom. The highest BCUT2D eigenvalue weighted by molar-refractivity contribution is 6.33. The minimum Gasteiger partial charge on any atom is -0.497 e. The van der Waals surface area contributed by atoms with Crippen molar-refractivity contribution >= 4 is 17.5 Å². The van der Waals surface area contributed by atoms with E-state index in [1.165, 1.54) is 0 Å². The lowest BCUT2D eigenvalue weighted by Gasteiger charge is -2.15. The third-order valence-electron chi connectivity index (χ3n) is 6.23. The van der Waals surface area contributed by atoms with Crippen LogP contribution in [0.4, 0.5) is 0 Å².